The summed E-state index contributed by atoms with van der Waals surface area (Å²) in [5.41, 5.74) is 1.58. The fraction of sp³-hybridized carbons (Fsp3) is 0.238. The van der Waals surface area contributed by atoms with Gasteiger partial charge in [-0.05, 0) is 45.0 Å². The number of benzene rings is 1. The molecule has 3 aromatic heterocycles. The van der Waals surface area contributed by atoms with Crippen molar-refractivity contribution < 1.29 is 4.79 Å². The highest BCUT2D eigenvalue weighted by molar-refractivity contribution is 5.88. The first-order valence-corrected chi connectivity index (χ1v) is 9.44. The number of hydrogen-bond acceptors (Lipinski definition) is 4. The molecule has 148 valence electrons. The van der Waals surface area contributed by atoms with Crippen LogP contribution in [0.5, 0.6) is 0 Å². The summed E-state index contributed by atoms with van der Waals surface area (Å²) in [4.78, 5) is 25.5. The van der Waals surface area contributed by atoms with Crippen molar-refractivity contribution in [3.63, 3.8) is 0 Å². The van der Waals surface area contributed by atoms with E-state index in [-0.39, 0.29) is 24.1 Å². The molecule has 3 heterocycles. The van der Waals surface area contributed by atoms with E-state index in [1.54, 1.807) is 11.6 Å². The molecular weight excluding hydrogens is 368 g/mol. The molecule has 1 aromatic carbocycles. The number of nitrogens with zero attached hydrogens (tertiary/aromatic N) is 5. The van der Waals surface area contributed by atoms with Crippen LogP contribution in [-0.4, -0.2) is 36.1 Å². The molecular formula is C21H22N6O2. The van der Waals surface area contributed by atoms with Gasteiger partial charge < -0.3 is 9.88 Å². The van der Waals surface area contributed by atoms with Gasteiger partial charge in [0.25, 0.3) is 5.56 Å². The number of para-hydroxylation sites is 1. The zero-order valence-electron chi connectivity index (χ0n) is 16.5. The van der Waals surface area contributed by atoms with Gasteiger partial charge in [0.05, 0.1) is 11.4 Å². The van der Waals surface area contributed by atoms with E-state index in [4.69, 9.17) is 0 Å². The predicted molar refractivity (Wildman–Crippen MR) is 110 cm³/mol. The van der Waals surface area contributed by atoms with Crippen molar-refractivity contribution in [2.75, 3.05) is 0 Å². The first-order valence-electron chi connectivity index (χ1n) is 9.44. The highest BCUT2D eigenvalue weighted by Gasteiger charge is 2.22. The van der Waals surface area contributed by atoms with Crippen LogP contribution in [0.3, 0.4) is 0 Å². The van der Waals surface area contributed by atoms with Crippen LogP contribution < -0.4 is 10.9 Å². The van der Waals surface area contributed by atoms with E-state index in [1.807, 2.05) is 73.3 Å². The van der Waals surface area contributed by atoms with E-state index in [9.17, 15) is 9.59 Å². The van der Waals surface area contributed by atoms with Gasteiger partial charge in [0.15, 0.2) is 5.82 Å². The van der Waals surface area contributed by atoms with Gasteiger partial charge in [-0.25, -0.2) is 9.36 Å². The minimum atomic E-state index is -0.351. The summed E-state index contributed by atoms with van der Waals surface area (Å²) in [6.45, 7) is 5.39. The van der Waals surface area contributed by atoms with Crippen LogP contribution in [0.25, 0.3) is 22.4 Å². The van der Waals surface area contributed by atoms with E-state index in [2.05, 4.69) is 15.5 Å². The second-order valence-electron chi connectivity index (χ2n) is 7.16. The Balaban J connectivity index is 1.97. The lowest BCUT2D eigenvalue weighted by Gasteiger charge is -2.11. The predicted octanol–water partition coefficient (Wildman–Crippen LogP) is 2.21. The summed E-state index contributed by atoms with van der Waals surface area (Å²) >= 11 is 0. The van der Waals surface area contributed by atoms with Gasteiger partial charge in [-0.2, -0.15) is 10.2 Å². The average Bonchev–Trinajstić information content (AvgIpc) is 3.33. The summed E-state index contributed by atoms with van der Waals surface area (Å²) in [5.74, 6) is 0.357. The van der Waals surface area contributed by atoms with Crippen molar-refractivity contribution >= 4 is 16.8 Å². The largest absolute Gasteiger partial charge is 0.352 e. The zero-order chi connectivity index (χ0) is 20.5. The van der Waals surface area contributed by atoms with Crippen LogP contribution in [0.15, 0.2) is 59.7 Å². The third-order valence-electron chi connectivity index (χ3n) is 4.52. The maximum atomic E-state index is 13.3. The molecule has 29 heavy (non-hydrogen) atoms. The van der Waals surface area contributed by atoms with Crippen molar-refractivity contribution in [2.45, 2.75) is 33.4 Å². The molecule has 0 aliphatic heterocycles. The Morgan fingerprint density at radius 1 is 1.07 bits per heavy atom. The van der Waals surface area contributed by atoms with E-state index in [0.717, 1.165) is 5.69 Å². The topological polar surface area (TPSA) is 86.7 Å². The number of carbonyl (C=O) groups is 1. The van der Waals surface area contributed by atoms with Crippen LogP contribution in [0.2, 0.25) is 0 Å². The Morgan fingerprint density at radius 3 is 2.41 bits per heavy atom. The number of hydrogen-bond donors (Lipinski definition) is 1. The number of amides is 1. The van der Waals surface area contributed by atoms with Crippen LogP contribution >= 0.6 is 0 Å². The third-order valence-corrected chi connectivity index (χ3v) is 4.52. The van der Waals surface area contributed by atoms with Crippen molar-refractivity contribution in [2.24, 2.45) is 0 Å². The monoisotopic (exact) mass is 390 g/mol. The molecule has 0 aliphatic carbocycles. The molecule has 0 bridgehead atoms. The molecule has 8 nitrogen and oxygen atoms in total. The second kappa shape index (κ2) is 7.38. The second-order valence-corrected chi connectivity index (χ2v) is 7.16. The minimum Gasteiger partial charge on any atom is -0.352 e. The standard InChI is InChI=1S/C21H22N6O2/c1-14(2)22-17(28)13-26-21(29)18-19(15(3)23-26)24-27(16-9-5-4-6-10-16)20(18)25-11-7-8-12-25/h4-12,14H,13H2,1-3H3,(H,22,28). The smallest absolute Gasteiger partial charge is 0.280 e. The van der Waals surface area contributed by atoms with Gasteiger partial charge in [-0.3, -0.25) is 9.59 Å². The van der Waals surface area contributed by atoms with Gasteiger partial charge in [-0.1, -0.05) is 18.2 Å². The molecule has 0 saturated carbocycles. The Morgan fingerprint density at radius 2 is 1.76 bits per heavy atom. The third kappa shape index (κ3) is 3.44. The maximum Gasteiger partial charge on any atom is 0.280 e. The molecule has 4 rings (SSSR count). The van der Waals surface area contributed by atoms with Crippen molar-refractivity contribution in [3.8, 4) is 11.5 Å². The summed E-state index contributed by atoms with van der Waals surface area (Å²) in [6.07, 6.45) is 3.72. The summed E-state index contributed by atoms with van der Waals surface area (Å²) in [7, 11) is 0. The van der Waals surface area contributed by atoms with E-state index < -0.39 is 0 Å². The highest BCUT2D eigenvalue weighted by Crippen LogP contribution is 2.24. The van der Waals surface area contributed by atoms with Gasteiger partial charge in [0, 0.05) is 18.4 Å². The molecule has 4 aromatic rings. The lowest BCUT2D eigenvalue weighted by atomic mass is 10.2. The Labute approximate surface area is 167 Å². The molecule has 1 amide bonds. The van der Waals surface area contributed by atoms with E-state index in [1.165, 1.54) is 4.68 Å². The number of aryl methyl sites for hydroxylation is 1. The Kier molecular flexibility index (Phi) is 4.75. The molecule has 0 fully saturated rings. The SMILES string of the molecule is Cc1nn(CC(=O)NC(C)C)c(=O)c2c(-n3cccc3)n(-c3ccccc3)nc12. The van der Waals surface area contributed by atoms with Gasteiger partial charge >= 0.3 is 0 Å². The van der Waals surface area contributed by atoms with E-state index >= 15 is 0 Å². The fourth-order valence-electron chi connectivity index (χ4n) is 3.34. The number of fused-ring (bicyclic) bond motifs is 1. The average molecular weight is 390 g/mol. The lowest BCUT2D eigenvalue weighted by Crippen LogP contribution is -2.37. The maximum absolute atomic E-state index is 13.3. The highest BCUT2D eigenvalue weighted by atomic mass is 16.2. The number of aromatic nitrogens is 5. The van der Waals surface area contributed by atoms with Gasteiger partial charge in [0.2, 0.25) is 5.91 Å². The number of rotatable bonds is 5. The minimum absolute atomic E-state index is 0.0145. The van der Waals surface area contributed by atoms with Crippen molar-refractivity contribution in [1.82, 2.24) is 29.4 Å². The van der Waals surface area contributed by atoms with Crippen LogP contribution in [-0.2, 0) is 11.3 Å². The zero-order valence-corrected chi connectivity index (χ0v) is 16.5. The summed E-state index contributed by atoms with van der Waals surface area (Å²) in [6, 6.07) is 13.4. The molecule has 0 saturated heterocycles. The lowest BCUT2D eigenvalue weighted by molar-refractivity contribution is -0.122. The normalized spacial score (nSPS) is 11.3. The first-order chi connectivity index (χ1) is 14.0. The number of carbonyl (C=O) groups excluding carboxylic acids is 1. The first kappa shape index (κ1) is 18.7. The molecule has 0 unspecified atom stereocenters. The van der Waals surface area contributed by atoms with Crippen molar-refractivity contribution in [3.05, 3.63) is 70.9 Å². The summed E-state index contributed by atoms with van der Waals surface area (Å²) in [5, 5.41) is 12.2. The van der Waals surface area contributed by atoms with Crippen LogP contribution in [0.4, 0.5) is 0 Å². The molecule has 8 heteroatoms. The Hall–Kier alpha value is -3.68. The molecule has 0 atom stereocenters. The van der Waals surface area contributed by atoms with Crippen LogP contribution in [0, 0.1) is 6.92 Å². The van der Waals surface area contributed by atoms with Gasteiger partial charge in [-0.15, -0.1) is 0 Å². The van der Waals surface area contributed by atoms with Crippen molar-refractivity contribution in [1.29, 1.82) is 0 Å². The molecule has 1 N–H and O–H groups in total. The Bertz CT molecular complexity index is 1220. The fourth-order valence-corrected chi connectivity index (χ4v) is 3.34. The quantitative estimate of drug-likeness (QED) is 0.566. The number of nitrogens with one attached hydrogen (secondary N) is 1. The molecule has 0 spiro atoms. The van der Waals surface area contributed by atoms with Gasteiger partial charge in [0.1, 0.15) is 17.4 Å². The van der Waals surface area contributed by atoms with E-state index in [0.29, 0.717) is 22.4 Å². The molecule has 0 aliphatic rings. The summed E-state index contributed by atoms with van der Waals surface area (Å²) < 4.78 is 4.79. The van der Waals surface area contributed by atoms with Crippen LogP contribution in [0.1, 0.15) is 19.5 Å². The molecule has 0 radical (unpaired) electrons.